The van der Waals surface area contributed by atoms with E-state index in [9.17, 15) is 4.79 Å². The number of hydrogen-bond acceptors (Lipinski definition) is 4. The highest BCUT2D eigenvalue weighted by atomic mass is 16.2. The van der Waals surface area contributed by atoms with Crippen molar-refractivity contribution in [3.63, 3.8) is 0 Å². The molecule has 1 aliphatic rings. The van der Waals surface area contributed by atoms with Gasteiger partial charge in [-0.15, -0.1) is 0 Å². The molecule has 1 aliphatic heterocycles. The maximum atomic E-state index is 12.5. The van der Waals surface area contributed by atoms with E-state index in [-0.39, 0.29) is 5.91 Å². The maximum absolute atomic E-state index is 12.5. The highest BCUT2D eigenvalue weighted by Gasteiger charge is 2.22. The number of carbonyl (C=O) groups is 1. The van der Waals surface area contributed by atoms with E-state index in [0.717, 1.165) is 19.5 Å². The molecule has 0 radical (unpaired) electrons. The van der Waals surface area contributed by atoms with Gasteiger partial charge < -0.3 is 4.90 Å². The van der Waals surface area contributed by atoms with Crippen LogP contribution in [0.5, 0.6) is 0 Å². The van der Waals surface area contributed by atoms with Crippen LogP contribution in [-0.2, 0) is 0 Å². The summed E-state index contributed by atoms with van der Waals surface area (Å²) in [6.45, 7) is 3.86. The van der Waals surface area contributed by atoms with Crippen LogP contribution in [0.25, 0.3) is 5.82 Å². The Labute approximate surface area is 117 Å². The Morgan fingerprint density at radius 1 is 1.45 bits per heavy atom. The summed E-state index contributed by atoms with van der Waals surface area (Å²) in [7, 11) is 0. The van der Waals surface area contributed by atoms with Gasteiger partial charge >= 0.3 is 0 Å². The van der Waals surface area contributed by atoms with Gasteiger partial charge in [-0.05, 0) is 30.9 Å². The number of rotatable bonds is 2. The largest absolute Gasteiger partial charge is 0.338 e. The third kappa shape index (κ3) is 2.54. The van der Waals surface area contributed by atoms with E-state index in [0.29, 0.717) is 17.3 Å². The first-order chi connectivity index (χ1) is 9.74. The zero-order chi connectivity index (χ0) is 13.9. The van der Waals surface area contributed by atoms with Gasteiger partial charge in [0.1, 0.15) is 12.7 Å². The van der Waals surface area contributed by atoms with Crippen molar-refractivity contribution in [2.75, 3.05) is 13.1 Å². The average Bonchev–Trinajstić information content (AvgIpc) is 3.01. The molecule has 6 heteroatoms. The lowest BCUT2D eigenvalue weighted by atomic mass is 9.99. The number of carbonyl (C=O) groups excluding carboxylic acids is 1. The van der Waals surface area contributed by atoms with E-state index in [1.54, 1.807) is 29.3 Å². The second-order valence-electron chi connectivity index (χ2n) is 5.24. The Balaban J connectivity index is 1.83. The summed E-state index contributed by atoms with van der Waals surface area (Å²) < 4.78 is 1.55. The van der Waals surface area contributed by atoms with Crippen molar-refractivity contribution >= 4 is 5.91 Å². The van der Waals surface area contributed by atoms with Crippen LogP contribution in [0.1, 0.15) is 30.1 Å². The SMILES string of the molecule is CC1CCCN(C(=O)c2ccnc(-n3cncn3)c2)C1. The highest BCUT2D eigenvalue weighted by molar-refractivity contribution is 5.94. The molecule has 1 fully saturated rings. The van der Waals surface area contributed by atoms with E-state index in [1.165, 1.54) is 12.7 Å². The fraction of sp³-hybridized carbons (Fsp3) is 0.429. The van der Waals surface area contributed by atoms with Crippen molar-refractivity contribution < 1.29 is 4.79 Å². The molecule has 0 spiro atoms. The summed E-state index contributed by atoms with van der Waals surface area (Å²) in [4.78, 5) is 22.5. The smallest absolute Gasteiger partial charge is 0.254 e. The molecule has 2 aromatic heterocycles. The number of pyridine rings is 1. The highest BCUT2D eigenvalue weighted by Crippen LogP contribution is 2.18. The van der Waals surface area contributed by atoms with Crippen LogP contribution in [0.15, 0.2) is 31.0 Å². The van der Waals surface area contributed by atoms with Crippen LogP contribution in [-0.4, -0.2) is 43.6 Å². The Kier molecular flexibility index (Phi) is 3.45. The standard InChI is InChI=1S/C14H17N5O/c1-11-3-2-6-18(8-11)14(20)12-4-5-16-13(7-12)19-10-15-9-17-19/h4-5,7,9-11H,2-3,6,8H2,1H3. The predicted octanol–water partition coefficient (Wildman–Crippen LogP) is 1.53. The number of nitrogens with zero attached hydrogens (tertiary/aromatic N) is 5. The topological polar surface area (TPSA) is 63.9 Å². The van der Waals surface area contributed by atoms with Crippen LogP contribution < -0.4 is 0 Å². The molecule has 1 unspecified atom stereocenters. The Morgan fingerprint density at radius 2 is 2.35 bits per heavy atom. The van der Waals surface area contributed by atoms with E-state index in [4.69, 9.17) is 0 Å². The molecule has 104 valence electrons. The molecule has 1 amide bonds. The summed E-state index contributed by atoms with van der Waals surface area (Å²) in [5, 5.41) is 4.03. The first kappa shape index (κ1) is 12.8. The second-order valence-corrected chi connectivity index (χ2v) is 5.24. The molecule has 2 aromatic rings. The van der Waals surface area contributed by atoms with E-state index >= 15 is 0 Å². The molecule has 0 aromatic carbocycles. The molecule has 6 nitrogen and oxygen atoms in total. The van der Waals surface area contributed by atoms with E-state index < -0.39 is 0 Å². The molecule has 0 aliphatic carbocycles. The van der Waals surface area contributed by atoms with Crippen molar-refractivity contribution in [2.24, 2.45) is 5.92 Å². The van der Waals surface area contributed by atoms with Crippen LogP contribution in [0.2, 0.25) is 0 Å². The Bertz CT molecular complexity index is 595. The van der Waals surface area contributed by atoms with Crippen LogP contribution in [0, 0.1) is 5.92 Å². The van der Waals surface area contributed by atoms with Crippen molar-refractivity contribution in [2.45, 2.75) is 19.8 Å². The zero-order valence-corrected chi connectivity index (χ0v) is 11.4. The average molecular weight is 271 g/mol. The molecule has 0 saturated carbocycles. The van der Waals surface area contributed by atoms with Crippen LogP contribution in [0.3, 0.4) is 0 Å². The zero-order valence-electron chi connectivity index (χ0n) is 11.4. The predicted molar refractivity (Wildman–Crippen MR) is 73.5 cm³/mol. The number of amides is 1. The number of piperidine rings is 1. The molecule has 0 N–H and O–H groups in total. The minimum absolute atomic E-state index is 0.0697. The first-order valence-corrected chi connectivity index (χ1v) is 6.84. The summed E-state index contributed by atoms with van der Waals surface area (Å²) in [6, 6.07) is 3.51. The Hall–Kier alpha value is -2.24. The van der Waals surface area contributed by atoms with E-state index in [1.807, 2.05) is 4.90 Å². The lowest BCUT2D eigenvalue weighted by Gasteiger charge is -2.31. The van der Waals surface area contributed by atoms with Gasteiger partial charge in [0.25, 0.3) is 5.91 Å². The van der Waals surface area contributed by atoms with Crippen molar-refractivity contribution in [3.8, 4) is 5.82 Å². The number of likely N-dealkylation sites (tertiary alicyclic amines) is 1. The van der Waals surface area contributed by atoms with Crippen LogP contribution in [0.4, 0.5) is 0 Å². The minimum atomic E-state index is 0.0697. The van der Waals surface area contributed by atoms with Gasteiger partial charge in [0.15, 0.2) is 5.82 Å². The summed E-state index contributed by atoms with van der Waals surface area (Å²) >= 11 is 0. The van der Waals surface area contributed by atoms with Crippen molar-refractivity contribution in [3.05, 3.63) is 36.5 Å². The Morgan fingerprint density at radius 3 is 3.10 bits per heavy atom. The van der Waals surface area contributed by atoms with Crippen molar-refractivity contribution in [1.29, 1.82) is 0 Å². The lowest BCUT2D eigenvalue weighted by molar-refractivity contribution is 0.0683. The minimum Gasteiger partial charge on any atom is -0.338 e. The molecular weight excluding hydrogens is 254 g/mol. The van der Waals surface area contributed by atoms with Gasteiger partial charge in [-0.3, -0.25) is 4.79 Å². The quantitative estimate of drug-likeness (QED) is 0.831. The second kappa shape index (κ2) is 5.40. The van der Waals surface area contributed by atoms with Gasteiger partial charge in [0, 0.05) is 24.8 Å². The van der Waals surface area contributed by atoms with Crippen molar-refractivity contribution in [1.82, 2.24) is 24.6 Å². The van der Waals surface area contributed by atoms with Crippen LogP contribution >= 0.6 is 0 Å². The molecule has 3 heterocycles. The molecule has 20 heavy (non-hydrogen) atoms. The normalized spacial score (nSPS) is 19.1. The fourth-order valence-corrected chi connectivity index (χ4v) is 2.56. The molecule has 0 bridgehead atoms. The summed E-state index contributed by atoms with van der Waals surface area (Å²) in [5.74, 6) is 1.25. The number of hydrogen-bond donors (Lipinski definition) is 0. The number of aromatic nitrogens is 4. The van der Waals surface area contributed by atoms with Gasteiger partial charge in [0.05, 0.1) is 0 Å². The third-order valence-electron chi connectivity index (χ3n) is 3.59. The summed E-state index contributed by atoms with van der Waals surface area (Å²) in [5.41, 5.74) is 0.652. The van der Waals surface area contributed by atoms with E-state index in [2.05, 4.69) is 22.0 Å². The fourth-order valence-electron chi connectivity index (χ4n) is 2.56. The first-order valence-electron chi connectivity index (χ1n) is 6.84. The molecule has 3 rings (SSSR count). The van der Waals surface area contributed by atoms with Gasteiger partial charge in [-0.1, -0.05) is 6.92 Å². The molecular formula is C14H17N5O. The lowest BCUT2D eigenvalue weighted by Crippen LogP contribution is -2.39. The van der Waals surface area contributed by atoms with Gasteiger partial charge in [0.2, 0.25) is 0 Å². The summed E-state index contributed by atoms with van der Waals surface area (Å²) in [6.07, 6.45) is 6.93. The molecule has 1 atom stereocenters. The molecule has 1 saturated heterocycles. The maximum Gasteiger partial charge on any atom is 0.254 e. The van der Waals surface area contributed by atoms with Gasteiger partial charge in [-0.25, -0.2) is 14.6 Å². The third-order valence-corrected chi connectivity index (χ3v) is 3.59. The monoisotopic (exact) mass is 271 g/mol. The van der Waals surface area contributed by atoms with Gasteiger partial charge in [-0.2, -0.15) is 5.10 Å².